The average Bonchev–Trinajstić information content (AvgIpc) is 3.18. The van der Waals surface area contributed by atoms with Crippen molar-refractivity contribution in [2.45, 2.75) is 0 Å². The van der Waals surface area contributed by atoms with Gasteiger partial charge in [0.15, 0.2) is 5.78 Å². The monoisotopic (exact) mass is 387 g/mol. The van der Waals surface area contributed by atoms with E-state index < -0.39 is 0 Å². The fraction of sp³-hybridized carbons (Fsp3) is 0.222. The Balaban J connectivity index is 0.00000169. The third-order valence-corrected chi connectivity index (χ3v) is 4.22. The zero-order chi connectivity index (χ0) is 15.8. The largest absolute Gasteiger partial charge is 0.497 e. The van der Waals surface area contributed by atoms with Crippen LogP contribution in [0, 0.1) is 0 Å². The summed E-state index contributed by atoms with van der Waals surface area (Å²) >= 11 is 0. The Kier molecular flexibility index (Phi) is 4.57. The molecule has 0 aliphatic carbocycles. The molecule has 24 heavy (non-hydrogen) atoms. The van der Waals surface area contributed by atoms with E-state index in [9.17, 15) is 4.79 Å². The van der Waals surface area contributed by atoms with Crippen molar-refractivity contribution in [3.05, 3.63) is 54.1 Å². The molecule has 0 atom stereocenters. The zero-order valence-electron chi connectivity index (χ0n) is 13.3. The Morgan fingerprint density at radius 2 is 1.96 bits per heavy atom. The molecular formula is C18H18BrN3O2. The van der Waals surface area contributed by atoms with Crippen LogP contribution in [0.2, 0.25) is 0 Å². The Labute approximate surface area is 151 Å². The Hall–Kier alpha value is -2.34. The van der Waals surface area contributed by atoms with Crippen molar-refractivity contribution in [2.24, 2.45) is 4.99 Å². The van der Waals surface area contributed by atoms with E-state index in [1.54, 1.807) is 13.2 Å². The third kappa shape index (κ3) is 2.67. The van der Waals surface area contributed by atoms with Crippen LogP contribution < -0.4 is 14.5 Å². The van der Waals surface area contributed by atoms with Crippen LogP contribution in [0.5, 0.6) is 5.75 Å². The van der Waals surface area contributed by atoms with E-state index in [1.165, 1.54) is 0 Å². The van der Waals surface area contributed by atoms with Gasteiger partial charge in [0.25, 0.3) is 0 Å². The van der Waals surface area contributed by atoms with Gasteiger partial charge in [-0.15, -0.1) is 17.0 Å². The summed E-state index contributed by atoms with van der Waals surface area (Å²) in [4.78, 5) is 21.4. The summed E-state index contributed by atoms with van der Waals surface area (Å²) in [6.07, 6.45) is 0. The number of para-hydroxylation sites is 2. The second-order valence-electron chi connectivity index (χ2n) is 5.56. The lowest BCUT2D eigenvalue weighted by atomic mass is 10.1. The predicted molar refractivity (Wildman–Crippen MR) is 101 cm³/mol. The van der Waals surface area contributed by atoms with Gasteiger partial charge >= 0.3 is 0 Å². The van der Waals surface area contributed by atoms with Crippen LogP contribution in [-0.4, -0.2) is 38.5 Å². The molecular weight excluding hydrogens is 370 g/mol. The van der Waals surface area contributed by atoms with Crippen molar-refractivity contribution >= 4 is 40.1 Å². The van der Waals surface area contributed by atoms with E-state index in [2.05, 4.69) is 16.0 Å². The van der Waals surface area contributed by atoms with E-state index >= 15 is 0 Å². The second-order valence-corrected chi connectivity index (χ2v) is 5.56. The van der Waals surface area contributed by atoms with Crippen LogP contribution in [0.25, 0.3) is 0 Å². The van der Waals surface area contributed by atoms with Crippen molar-refractivity contribution in [1.82, 2.24) is 0 Å². The van der Waals surface area contributed by atoms with Gasteiger partial charge in [-0.3, -0.25) is 9.79 Å². The molecule has 0 amide bonds. The Morgan fingerprint density at radius 1 is 1.17 bits per heavy atom. The fourth-order valence-corrected chi connectivity index (χ4v) is 3.11. The number of benzene rings is 2. The number of methoxy groups -OCH3 is 1. The van der Waals surface area contributed by atoms with Gasteiger partial charge in [-0.1, -0.05) is 24.3 Å². The topological polar surface area (TPSA) is 45.1 Å². The van der Waals surface area contributed by atoms with Crippen LogP contribution in [0.15, 0.2) is 53.5 Å². The van der Waals surface area contributed by atoms with Crippen molar-refractivity contribution in [3.8, 4) is 5.75 Å². The average molecular weight is 388 g/mol. The first-order valence-electron chi connectivity index (χ1n) is 7.64. The Bertz CT molecular complexity index is 806. The number of carbonyl (C=O) groups is 1. The number of Topliss-reactive ketones (excluding diaryl/α,β-unsaturated/α-hetero) is 1. The summed E-state index contributed by atoms with van der Waals surface area (Å²) in [7, 11) is 1.60. The molecule has 0 saturated heterocycles. The van der Waals surface area contributed by atoms with Crippen LogP contribution in [0.4, 0.5) is 11.4 Å². The normalized spacial score (nSPS) is 14.6. The molecule has 6 heteroatoms. The van der Waals surface area contributed by atoms with Crippen molar-refractivity contribution in [2.75, 3.05) is 36.5 Å². The number of carbonyl (C=O) groups excluding carboxylic acids is 1. The number of rotatable bonds is 4. The molecule has 2 aliphatic heterocycles. The summed E-state index contributed by atoms with van der Waals surface area (Å²) in [5, 5.41) is 0. The lowest BCUT2D eigenvalue weighted by Crippen LogP contribution is -2.38. The van der Waals surface area contributed by atoms with Crippen LogP contribution >= 0.6 is 17.0 Å². The second kappa shape index (κ2) is 6.65. The number of aliphatic imine (C=N–C) groups is 1. The number of hydrogen-bond acceptors (Lipinski definition) is 5. The molecule has 124 valence electrons. The number of nitrogens with zero attached hydrogens (tertiary/aromatic N) is 3. The summed E-state index contributed by atoms with van der Waals surface area (Å²) in [6, 6.07) is 15.4. The quantitative estimate of drug-likeness (QED) is 0.755. The molecule has 5 nitrogen and oxygen atoms in total. The van der Waals surface area contributed by atoms with E-state index in [1.807, 2.05) is 41.3 Å². The van der Waals surface area contributed by atoms with E-state index in [-0.39, 0.29) is 29.3 Å². The van der Waals surface area contributed by atoms with Gasteiger partial charge in [0, 0.05) is 12.1 Å². The Morgan fingerprint density at radius 3 is 2.75 bits per heavy atom. The van der Waals surface area contributed by atoms with Crippen LogP contribution in [0.3, 0.4) is 0 Å². The first-order valence-corrected chi connectivity index (χ1v) is 7.64. The third-order valence-electron chi connectivity index (χ3n) is 4.22. The van der Waals surface area contributed by atoms with E-state index in [0.717, 1.165) is 30.4 Å². The minimum atomic E-state index is 0. The molecule has 0 fully saturated rings. The number of ketones is 1. The molecule has 0 saturated carbocycles. The van der Waals surface area contributed by atoms with Gasteiger partial charge in [0.1, 0.15) is 5.75 Å². The SMILES string of the molecule is Br.COc1cccc(C(=O)CN2C3=NCCN3c3ccccc32)c1. The van der Waals surface area contributed by atoms with Crippen LogP contribution in [0.1, 0.15) is 10.4 Å². The number of guanidine groups is 1. The molecule has 2 heterocycles. The van der Waals surface area contributed by atoms with E-state index in [4.69, 9.17) is 4.74 Å². The summed E-state index contributed by atoms with van der Waals surface area (Å²) in [5.74, 6) is 1.62. The van der Waals surface area contributed by atoms with Crippen molar-refractivity contribution < 1.29 is 9.53 Å². The number of ether oxygens (including phenoxy) is 1. The summed E-state index contributed by atoms with van der Waals surface area (Å²) in [6.45, 7) is 1.92. The fourth-order valence-electron chi connectivity index (χ4n) is 3.11. The highest BCUT2D eigenvalue weighted by Gasteiger charge is 2.35. The minimum Gasteiger partial charge on any atom is -0.497 e. The lowest BCUT2D eigenvalue weighted by molar-refractivity contribution is 0.100. The smallest absolute Gasteiger partial charge is 0.206 e. The first kappa shape index (κ1) is 16.5. The van der Waals surface area contributed by atoms with Gasteiger partial charge in [-0.2, -0.15) is 0 Å². The standard InChI is InChI=1S/C18H17N3O2.BrH/c1-23-14-6-4-5-13(11-14)17(22)12-21-16-8-3-2-7-15(16)20-10-9-19-18(20)21;/h2-8,11H,9-10,12H2,1H3;1H. The van der Waals surface area contributed by atoms with Gasteiger partial charge in [0.2, 0.25) is 5.96 Å². The molecule has 0 aromatic heterocycles. The maximum atomic E-state index is 12.7. The molecule has 2 aromatic rings. The molecule has 0 bridgehead atoms. The zero-order valence-corrected chi connectivity index (χ0v) is 15.0. The van der Waals surface area contributed by atoms with Gasteiger partial charge in [-0.05, 0) is 24.3 Å². The van der Waals surface area contributed by atoms with Gasteiger partial charge < -0.3 is 14.5 Å². The highest BCUT2D eigenvalue weighted by atomic mass is 79.9. The first-order chi connectivity index (χ1) is 11.3. The van der Waals surface area contributed by atoms with Crippen molar-refractivity contribution in [1.29, 1.82) is 0 Å². The molecule has 4 rings (SSSR count). The lowest BCUT2D eigenvalue weighted by Gasteiger charge is -2.18. The maximum Gasteiger partial charge on any atom is 0.206 e. The maximum absolute atomic E-state index is 12.7. The number of fused-ring (bicyclic) bond motifs is 3. The number of hydrogen-bond donors (Lipinski definition) is 0. The van der Waals surface area contributed by atoms with Crippen molar-refractivity contribution in [3.63, 3.8) is 0 Å². The van der Waals surface area contributed by atoms with Gasteiger partial charge in [0.05, 0.1) is 31.6 Å². The summed E-state index contributed by atoms with van der Waals surface area (Å²) in [5.41, 5.74) is 2.82. The molecule has 2 aliphatic rings. The van der Waals surface area contributed by atoms with Gasteiger partial charge in [-0.25, -0.2) is 0 Å². The number of halogens is 1. The number of anilines is 2. The highest BCUT2D eigenvalue weighted by molar-refractivity contribution is 8.93. The molecule has 0 N–H and O–H groups in total. The predicted octanol–water partition coefficient (Wildman–Crippen LogP) is 3.15. The van der Waals surface area contributed by atoms with Crippen LogP contribution in [-0.2, 0) is 0 Å². The van der Waals surface area contributed by atoms with E-state index in [0.29, 0.717) is 11.3 Å². The highest BCUT2D eigenvalue weighted by Crippen LogP contribution is 2.38. The molecule has 0 unspecified atom stereocenters. The minimum absolute atomic E-state index is 0. The molecule has 2 aromatic carbocycles. The summed E-state index contributed by atoms with van der Waals surface area (Å²) < 4.78 is 5.20. The molecule has 0 spiro atoms. The molecule has 0 radical (unpaired) electrons.